The fourth-order valence-electron chi connectivity index (χ4n) is 0.703. The van der Waals surface area contributed by atoms with Gasteiger partial charge in [0.05, 0.1) is 0 Å². The van der Waals surface area contributed by atoms with E-state index in [4.69, 9.17) is 5.11 Å². The SMILES string of the molecule is OC1CCN(F)C1F. The van der Waals surface area contributed by atoms with Crippen molar-refractivity contribution < 1.29 is 14.0 Å². The summed E-state index contributed by atoms with van der Waals surface area (Å²) in [4.78, 5) is 0. The molecule has 1 fully saturated rings. The average molecular weight is 123 g/mol. The van der Waals surface area contributed by atoms with Gasteiger partial charge in [-0.15, -0.1) is 9.60 Å². The number of hydrogen-bond donors (Lipinski definition) is 1. The molecule has 2 unspecified atom stereocenters. The summed E-state index contributed by atoms with van der Waals surface area (Å²) < 4.78 is 23.9. The first kappa shape index (κ1) is 5.91. The van der Waals surface area contributed by atoms with Crippen LogP contribution in [0.5, 0.6) is 0 Å². The molecule has 2 atom stereocenters. The summed E-state index contributed by atoms with van der Waals surface area (Å²) in [6.45, 7) is 0.00231. The summed E-state index contributed by atoms with van der Waals surface area (Å²) in [6.07, 6.45) is -2.73. The Kier molecular flexibility index (Phi) is 1.44. The summed E-state index contributed by atoms with van der Waals surface area (Å²) in [7, 11) is 0. The van der Waals surface area contributed by atoms with E-state index in [0.29, 0.717) is 0 Å². The molecule has 0 saturated carbocycles. The lowest BCUT2D eigenvalue weighted by atomic mass is 10.3. The van der Waals surface area contributed by atoms with Crippen molar-refractivity contribution in [2.24, 2.45) is 0 Å². The molecule has 2 nitrogen and oxygen atoms in total. The van der Waals surface area contributed by atoms with Gasteiger partial charge in [0.15, 0.2) is 0 Å². The second kappa shape index (κ2) is 1.95. The van der Waals surface area contributed by atoms with Gasteiger partial charge in [-0.3, -0.25) is 0 Å². The molecule has 1 aliphatic heterocycles. The van der Waals surface area contributed by atoms with E-state index in [2.05, 4.69) is 0 Å². The highest BCUT2D eigenvalue weighted by molar-refractivity contribution is 4.73. The van der Waals surface area contributed by atoms with Crippen molar-refractivity contribution in [1.82, 2.24) is 5.12 Å². The number of alkyl halides is 1. The zero-order chi connectivity index (χ0) is 6.15. The minimum absolute atomic E-state index is 0.00231. The molecule has 0 aromatic heterocycles. The van der Waals surface area contributed by atoms with Gasteiger partial charge >= 0.3 is 0 Å². The minimum Gasteiger partial charge on any atom is -0.389 e. The number of rotatable bonds is 0. The van der Waals surface area contributed by atoms with Gasteiger partial charge in [0, 0.05) is 6.54 Å². The van der Waals surface area contributed by atoms with E-state index < -0.39 is 12.4 Å². The highest BCUT2D eigenvalue weighted by Gasteiger charge is 2.32. The van der Waals surface area contributed by atoms with Crippen molar-refractivity contribution in [2.75, 3.05) is 6.54 Å². The summed E-state index contributed by atoms with van der Waals surface area (Å²) >= 11 is 0. The van der Waals surface area contributed by atoms with Crippen LogP contribution in [0.1, 0.15) is 6.42 Å². The second-order valence-corrected chi connectivity index (χ2v) is 1.85. The fourth-order valence-corrected chi connectivity index (χ4v) is 0.703. The van der Waals surface area contributed by atoms with Crippen molar-refractivity contribution in [3.63, 3.8) is 0 Å². The molecule has 1 heterocycles. The Morgan fingerprint density at radius 3 is 2.38 bits per heavy atom. The van der Waals surface area contributed by atoms with E-state index in [0.717, 1.165) is 0 Å². The molecule has 0 bridgehead atoms. The summed E-state index contributed by atoms with van der Waals surface area (Å²) in [5.74, 6) is 0. The van der Waals surface area contributed by atoms with Crippen molar-refractivity contribution in [1.29, 1.82) is 0 Å². The van der Waals surface area contributed by atoms with E-state index in [1.807, 2.05) is 0 Å². The molecule has 8 heavy (non-hydrogen) atoms. The number of nitrogens with zero attached hydrogens (tertiary/aromatic N) is 1. The van der Waals surface area contributed by atoms with Crippen LogP contribution in [0.3, 0.4) is 0 Å². The quantitative estimate of drug-likeness (QED) is 0.368. The minimum atomic E-state index is -1.80. The molecule has 4 heteroatoms. The van der Waals surface area contributed by atoms with E-state index in [-0.39, 0.29) is 18.1 Å². The molecular weight excluding hydrogens is 116 g/mol. The first-order valence-electron chi connectivity index (χ1n) is 2.46. The third kappa shape index (κ3) is 0.809. The normalized spacial score (nSPS) is 40.9. The average Bonchev–Trinajstić information content (AvgIpc) is 1.98. The maximum atomic E-state index is 12.0. The summed E-state index contributed by atoms with van der Waals surface area (Å²) in [5, 5.41) is 8.52. The van der Waals surface area contributed by atoms with Crippen LogP contribution in [0.15, 0.2) is 0 Å². The van der Waals surface area contributed by atoms with Crippen molar-refractivity contribution in [3.8, 4) is 0 Å². The Morgan fingerprint density at radius 2 is 2.25 bits per heavy atom. The molecule has 0 spiro atoms. The van der Waals surface area contributed by atoms with Crippen LogP contribution >= 0.6 is 0 Å². The molecular formula is C4H7F2NO. The molecule has 0 aliphatic carbocycles. The largest absolute Gasteiger partial charge is 0.389 e. The van der Waals surface area contributed by atoms with Crippen LogP contribution in [0, 0.1) is 0 Å². The van der Waals surface area contributed by atoms with Gasteiger partial charge in [0.2, 0.25) is 6.30 Å². The maximum Gasteiger partial charge on any atom is 0.205 e. The lowest BCUT2D eigenvalue weighted by Crippen LogP contribution is -2.23. The van der Waals surface area contributed by atoms with Crippen molar-refractivity contribution in [2.45, 2.75) is 18.8 Å². The predicted molar refractivity (Wildman–Crippen MR) is 23.3 cm³/mol. The van der Waals surface area contributed by atoms with Gasteiger partial charge in [-0.25, -0.2) is 4.39 Å². The van der Waals surface area contributed by atoms with Crippen molar-refractivity contribution in [3.05, 3.63) is 0 Å². The van der Waals surface area contributed by atoms with Gasteiger partial charge in [0.25, 0.3) is 0 Å². The molecule has 0 aromatic carbocycles. The van der Waals surface area contributed by atoms with Crippen LogP contribution in [0.25, 0.3) is 0 Å². The van der Waals surface area contributed by atoms with Crippen LogP contribution in [-0.4, -0.2) is 29.2 Å². The molecule has 0 aromatic rings. The van der Waals surface area contributed by atoms with Crippen LogP contribution in [0.2, 0.25) is 0 Å². The van der Waals surface area contributed by atoms with Gasteiger partial charge < -0.3 is 5.11 Å². The lowest BCUT2D eigenvalue weighted by molar-refractivity contribution is -0.0799. The molecule has 0 amide bonds. The van der Waals surface area contributed by atoms with Gasteiger partial charge in [0.1, 0.15) is 6.10 Å². The Hall–Kier alpha value is -0.220. The number of hydrogen-bond acceptors (Lipinski definition) is 2. The Balaban J connectivity index is 2.44. The van der Waals surface area contributed by atoms with Crippen LogP contribution in [-0.2, 0) is 0 Å². The van der Waals surface area contributed by atoms with Gasteiger partial charge in [-0.1, -0.05) is 0 Å². The van der Waals surface area contributed by atoms with Gasteiger partial charge in [-0.05, 0) is 6.42 Å². The molecule has 48 valence electrons. The summed E-state index contributed by atoms with van der Waals surface area (Å²) in [6, 6.07) is 0. The highest BCUT2D eigenvalue weighted by Crippen LogP contribution is 2.18. The number of aliphatic hydroxyl groups is 1. The van der Waals surface area contributed by atoms with E-state index in [1.165, 1.54) is 0 Å². The fraction of sp³-hybridized carbons (Fsp3) is 1.00. The first-order valence-corrected chi connectivity index (χ1v) is 2.46. The molecule has 1 N–H and O–H groups in total. The Morgan fingerprint density at radius 1 is 1.62 bits per heavy atom. The molecule has 0 radical (unpaired) electrons. The number of halogens is 2. The predicted octanol–water partition coefficient (Wildman–Crippen LogP) is 0.233. The third-order valence-corrected chi connectivity index (χ3v) is 1.22. The smallest absolute Gasteiger partial charge is 0.205 e. The van der Waals surface area contributed by atoms with Crippen molar-refractivity contribution >= 4 is 0 Å². The van der Waals surface area contributed by atoms with Crippen LogP contribution in [0.4, 0.5) is 8.87 Å². The first-order chi connectivity index (χ1) is 3.72. The van der Waals surface area contributed by atoms with E-state index >= 15 is 0 Å². The highest BCUT2D eigenvalue weighted by atomic mass is 19.2. The zero-order valence-corrected chi connectivity index (χ0v) is 4.22. The third-order valence-electron chi connectivity index (χ3n) is 1.22. The lowest BCUT2D eigenvalue weighted by Gasteiger charge is -2.06. The van der Waals surface area contributed by atoms with E-state index in [9.17, 15) is 8.87 Å². The van der Waals surface area contributed by atoms with Crippen LogP contribution < -0.4 is 0 Å². The Bertz CT molecular complexity index is 80.1. The number of aliphatic hydroxyl groups excluding tert-OH is 1. The summed E-state index contributed by atoms with van der Waals surface area (Å²) in [5.41, 5.74) is 0. The topological polar surface area (TPSA) is 23.5 Å². The monoisotopic (exact) mass is 123 g/mol. The van der Waals surface area contributed by atoms with E-state index in [1.54, 1.807) is 0 Å². The maximum absolute atomic E-state index is 12.0. The zero-order valence-electron chi connectivity index (χ0n) is 4.22. The molecule has 1 saturated heterocycles. The molecule has 1 rings (SSSR count). The Labute approximate surface area is 45.6 Å². The molecule has 1 aliphatic rings. The van der Waals surface area contributed by atoms with Gasteiger partial charge in [-0.2, -0.15) is 0 Å². The standard InChI is InChI=1S/C4H7F2NO/c5-4-3(8)1-2-7(4)6/h3-4,8H,1-2H2. The second-order valence-electron chi connectivity index (χ2n) is 1.85.